The number of amides is 1. The highest BCUT2D eigenvalue weighted by Crippen LogP contribution is 2.42. The fourth-order valence-electron chi connectivity index (χ4n) is 6.49. The molecule has 4 heterocycles. The highest BCUT2D eigenvalue weighted by molar-refractivity contribution is 6.39. The molecule has 1 amide bonds. The quantitative estimate of drug-likeness (QED) is 0.172. The van der Waals surface area contributed by atoms with Crippen molar-refractivity contribution in [2.24, 2.45) is 5.92 Å². The van der Waals surface area contributed by atoms with E-state index >= 15 is 0 Å². The number of methoxy groups -OCH3 is 2. The minimum absolute atomic E-state index is 0.0840. The van der Waals surface area contributed by atoms with Crippen LogP contribution in [0.15, 0.2) is 48.8 Å². The lowest BCUT2D eigenvalue weighted by molar-refractivity contribution is -0.119. The van der Waals surface area contributed by atoms with Crippen molar-refractivity contribution in [1.82, 2.24) is 35.5 Å². The second-order valence-electron chi connectivity index (χ2n) is 12.5. The van der Waals surface area contributed by atoms with Crippen LogP contribution in [-0.4, -0.2) is 81.8 Å². The van der Waals surface area contributed by atoms with Gasteiger partial charge in [0.2, 0.25) is 17.7 Å². The van der Waals surface area contributed by atoms with Crippen molar-refractivity contribution < 1.29 is 19.4 Å². The monoisotopic (exact) mass is 705 g/mol. The zero-order chi connectivity index (χ0) is 34.5. The number of nitrogens with one attached hydrogen (secondary N) is 2. The van der Waals surface area contributed by atoms with Crippen LogP contribution in [0.25, 0.3) is 33.6 Å². The van der Waals surface area contributed by atoms with Crippen molar-refractivity contribution in [1.29, 1.82) is 0 Å². The molecule has 258 valence electrons. The van der Waals surface area contributed by atoms with E-state index in [1.54, 1.807) is 26.6 Å². The average Bonchev–Trinajstić information content (AvgIpc) is 3.53. The number of carbonyl (C=O) groups excluding carboxylic acids is 1. The summed E-state index contributed by atoms with van der Waals surface area (Å²) in [5.74, 6) is 1.26. The van der Waals surface area contributed by atoms with E-state index in [1.165, 1.54) is 0 Å². The van der Waals surface area contributed by atoms with Crippen molar-refractivity contribution in [3.63, 3.8) is 0 Å². The topological polar surface area (TPSA) is 135 Å². The number of hydrogen-bond acceptors (Lipinski definition) is 10. The Morgan fingerprint density at radius 1 is 0.898 bits per heavy atom. The highest BCUT2D eigenvalue weighted by atomic mass is 35.5. The molecule has 13 heteroatoms. The standard InChI is InChI=1S/C36H41Cl2N7O4/c1-21(46)22-12-14-45(15-13-22)20-31-36(49-3)44-29(19-41-31)27-9-5-7-25(34(27)38)24-6-4-8-26(33(24)37)28-18-40-30(35(43-28)48-2)17-39-16-23-10-11-32(47)42-23/h4-9,18-19,21-23,39,46H,10-17,20H2,1-3H3,(H,42,47)/t21-,23-/m0/s1. The summed E-state index contributed by atoms with van der Waals surface area (Å²) < 4.78 is 11.3. The number of halogens is 2. The molecule has 2 saturated heterocycles. The molecule has 2 aromatic carbocycles. The van der Waals surface area contributed by atoms with Crippen molar-refractivity contribution >= 4 is 29.1 Å². The van der Waals surface area contributed by atoms with Gasteiger partial charge < -0.3 is 25.2 Å². The van der Waals surface area contributed by atoms with Gasteiger partial charge in [-0.15, -0.1) is 0 Å². The number of hydrogen-bond donors (Lipinski definition) is 3. The minimum atomic E-state index is -0.287. The molecule has 11 nitrogen and oxygen atoms in total. The van der Waals surface area contributed by atoms with Crippen LogP contribution < -0.4 is 20.1 Å². The van der Waals surface area contributed by atoms with Gasteiger partial charge in [-0.3, -0.25) is 19.7 Å². The molecular formula is C36H41Cl2N7O4. The normalized spacial score (nSPS) is 17.6. The molecule has 0 radical (unpaired) electrons. The summed E-state index contributed by atoms with van der Waals surface area (Å²) in [6.07, 6.45) is 6.39. The number of benzene rings is 2. The molecule has 2 aliphatic rings. The summed E-state index contributed by atoms with van der Waals surface area (Å²) in [5, 5.41) is 17.2. The van der Waals surface area contributed by atoms with E-state index in [9.17, 15) is 9.90 Å². The predicted octanol–water partition coefficient (Wildman–Crippen LogP) is 5.55. The van der Waals surface area contributed by atoms with Crippen molar-refractivity contribution in [3.05, 3.63) is 70.2 Å². The third-order valence-corrected chi connectivity index (χ3v) is 10.1. The van der Waals surface area contributed by atoms with Crippen molar-refractivity contribution in [2.75, 3.05) is 33.9 Å². The highest BCUT2D eigenvalue weighted by Gasteiger charge is 2.25. The molecule has 6 rings (SSSR count). The predicted molar refractivity (Wildman–Crippen MR) is 190 cm³/mol. The van der Waals surface area contributed by atoms with E-state index in [0.717, 1.165) is 49.2 Å². The van der Waals surface area contributed by atoms with Gasteiger partial charge in [-0.1, -0.05) is 59.6 Å². The van der Waals surface area contributed by atoms with Crippen LogP contribution >= 0.6 is 23.2 Å². The number of aliphatic hydroxyl groups excluding tert-OH is 1. The van der Waals surface area contributed by atoms with Crippen LogP contribution in [0.2, 0.25) is 10.0 Å². The summed E-state index contributed by atoms with van der Waals surface area (Å²) in [6.45, 7) is 5.33. The Morgan fingerprint density at radius 2 is 1.45 bits per heavy atom. The van der Waals surface area contributed by atoms with Gasteiger partial charge in [0.1, 0.15) is 11.4 Å². The first-order valence-corrected chi connectivity index (χ1v) is 17.3. The molecule has 0 bridgehead atoms. The zero-order valence-electron chi connectivity index (χ0n) is 27.9. The largest absolute Gasteiger partial charge is 0.480 e. The first kappa shape index (κ1) is 35.0. The summed E-state index contributed by atoms with van der Waals surface area (Å²) in [7, 11) is 3.15. The van der Waals surface area contributed by atoms with Gasteiger partial charge in [0, 0.05) is 54.4 Å². The molecule has 2 atom stereocenters. The number of aromatic nitrogens is 4. The Labute approximate surface area is 296 Å². The Kier molecular flexibility index (Phi) is 11.3. The molecular weight excluding hydrogens is 665 g/mol. The Bertz CT molecular complexity index is 1800. The van der Waals surface area contributed by atoms with E-state index < -0.39 is 0 Å². The van der Waals surface area contributed by atoms with Crippen molar-refractivity contribution in [3.8, 4) is 45.4 Å². The van der Waals surface area contributed by atoms with Crippen LogP contribution in [0.1, 0.15) is 44.0 Å². The molecule has 0 spiro atoms. The number of aliphatic hydroxyl groups is 1. The van der Waals surface area contributed by atoms with E-state index in [-0.39, 0.29) is 18.1 Å². The zero-order valence-corrected chi connectivity index (χ0v) is 29.4. The third-order valence-electron chi connectivity index (χ3n) is 9.31. The number of piperidine rings is 1. The van der Waals surface area contributed by atoms with E-state index in [4.69, 9.17) is 47.6 Å². The SMILES string of the molecule is COc1nc(-c2cccc(-c3cccc(-c4cnc(CN5CCC([C@H](C)O)CC5)c(OC)n4)c3Cl)c2Cl)cnc1CNC[C@@H]1CCC(=O)N1. The fourth-order valence-corrected chi connectivity index (χ4v) is 7.14. The molecule has 0 unspecified atom stereocenters. The van der Waals surface area contributed by atoms with Crippen LogP contribution in [0.5, 0.6) is 11.8 Å². The Balaban J connectivity index is 1.21. The Morgan fingerprint density at radius 3 is 1.98 bits per heavy atom. The molecule has 49 heavy (non-hydrogen) atoms. The summed E-state index contributed by atoms with van der Waals surface area (Å²) in [4.78, 5) is 32.7. The average molecular weight is 707 g/mol. The maximum Gasteiger partial charge on any atom is 0.237 e. The minimum Gasteiger partial charge on any atom is -0.480 e. The lowest BCUT2D eigenvalue weighted by Gasteiger charge is -2.33. The summed E-state index contributed by atoms with van der Waals surface area (Å²) in [6, 6.07) is 11.5. The lowest BCUT2D eigenvalue weighted by atomic mass is 9.92. The molecule has 2 fully saturated rings. The molecule has 4 aromatic rings. The second kappa shape index (κ2) is 15.8. The third kappa shape index (κ3) is 7.97. The number of likely N-dealkylation sites (tertiary alicyclic amines) is 1. The van der Waals surface area contributed by atoms with Gasteiger partial charge in [0.25, 0.3) is 0 Å². The molecule has 2 aliphatic heterocycles. The van der Waals surface area contributed by atoms with Gasteiger partial charge in [0.15, 0.2) is 0 Å². The summed E-state index contributed by atoms with van der Waals surface area (Å²) >= 11 is 14.1. The van der Waals surface area contributed by atoms with Crippen molar-refractivity contribution in [2.45, 2.75) is 57.8 Å². The number of nitrogens with zero attached hydrogens (tertiary/aromatic N) is 5. The maximum absolute atomic E-state index is 11.5. The smallest absolute Gasteiger partial charge is 0.237 e. The first-order chi connectivity index (χ1) is 23.7. The van der Waals surface area contributed by atoms with Crippen LogP contribution in [0.3, 0.4) is 0 Å². The molecule has 0 aliphatic carbocycles. The molecule has 0 saturated carbocycles. The van der Waals surface area contributed by atoms with Crippen LogP contribution in [0, 0.1) is 5.92 Å². The fraction of sp³-hybridized carbons (Fsp3) is 0.417. The second-order valence-corrected chi connectivity index (χ2v) is 13.3. The van der Waals surface area contributed by atoms with E-state index in [1.807, 2.05) is 43.3 Å². The maximum atomic E-state index is 11.5. The number of carbonyl (C=O) groups is 1. The lowest BCUT2D eigenvalue weighted by Crippen LogP contribution is -2.36. The first-order valence-electron chi connectivity index (χ1n) is 16.5. The molecule has 2 aromatic heterocycles. The van der Waals surface area contributed by atoms with E-state index in [0.29, 0.717) is 82.0 Å². The van der Waals surface area contributed by atoms with Gasteiger partial charge in [-0.25, -0.2) is 9.97 Å². The Hall–Kier alpha value is -3.87. The van der Waals surface area contributed by atoms with Gasteiger partial charge in [-0.2, -0.15) is 0 Å². The molecule has 3 N–H and O–H groups in total. The van der Waals surface area contributed by atoms with Crippen LogP contribution in [0.4, 0.5) is 0 Å². The summed E-state index contributed by atoms with van der Waals surface area (Å²) in [5.41, 5.74) is 5.40. The number of ether oxygens (including phenoxy) is 2. The van der Waals surface area contributed by atoms with Gasteiger partial charge in [0.05, 0.1) is 54.2 Å². The van der Waals surface area contributed by atoms with Gasteiger partial charge in [-0.05, 0) is 45.2 Å². The van der Waals surface area contributed by atoms with Crippen LogP contribution in [-0.2, 0) is 17.9 Å². The van der Waals surface area contributed by atoms with E-state index in [2.05, 4.69) is 20.5 Å². The van der Waals surface area contributed by atoms with Gasteiger partial charge >= 0.3 is 0 Å². The number of rotatable bonds is 12.